The van der Waals surface area contributed by atoms with Crippen LogP contribution in [-0.4, -0.2) is 37.0 Å². The zero-order valence-electron chi connectivity index (χ0n) is 19.7. The SMILES string of the molecule is CCOC(=O)[C@H](CCCCNC(=O)c1ccc(C)c(C)c1)NC(=O)c1ccc(C)c(C)c1. The summed E-state index contributed by atoms with van der Waals surface area (Å²) >= 11 is 0. The molecular formula is C26H34N2O4. The Morgan fingerprint density at radius 2 is 1.38 bits per heavy atom. The van der Waals surface area contributed by atoms with Crippen molar-refractivity contribution in [2.75, 3.05) is 13.2 Å². The number of amides is 2. The molecule has 0 saturated heterocycles. The molecule has 0 spiro atoms. The van der Waals surface area contributed by atoms with E-state index in [0.29, 0.717) is 36.9 Å². The fourth-order valence-electron chi connectivity index (χ4n) is 3.28. The first-order chi connectivity index (χ1) is 15.2. The molecule has 2 rings (SSSR count). The van der Waals surface area contributed by atoms with Gasteiger partial charge in [0.15, 0.2) is 0 Å². The van der Waals surface area contributed by atoms with E-state index in [1.54, 1.807) is 13.0 Å². The van der Waals surface area contributed by atoms with Crippen LogP contribution in [0.15, 0.2) is 36.4 Å². The van der Waals surface area contributed by atoms with E-state index in [-0.39, 0.29) is 18.4 Å². The third kappa shape index (κ3) is 7.22. The van der Waals surface area contributed by atoms with Crippen molar-refractivity contribution >= 4 is 17.8 Å². The average molecular weight is 439 g/mol. The number of hydrogen-bond acceptors (Lipinski definition) is 4. The highest BCUT2D eigenvalue weighted by atomic mass is 16.5. The van der Waals surface area contributed by atoms with Gasteiger partial charge in [-0.3, -0.25) is 9.59 Å². The number of carbonyl (C=O) groups excluding carboxylic acids is 3. The fraction of sp³-hybridized carbons (Fsp3) is 0.423. The zero-order valence-corrected chi connectivity index (χ0v) is 19.7. The third-order valence-corrected chi connectivity index (χ3v) is 5.62. The molecule has 0 aromatic heterocycles. The Balaban J connectivity index is 1.86. The molecule has 32 heavy (non-hydrogen) atoms. The molecule has 2 aromatic rings. The van der Waals surface area contributed by atoms with Crippen LogP contribution in [0.4, 0.5) is 0 Å². The number of carbonyl (C=O) groups is 3. The summed E-state index contributed by atoms with van der Waals surface area (Å²) in [4.78, 5) is 37.3. The van der Waals surface area contributed by atoms with E-state index in [2.05, 4.69) is 10.6 Å². The van der Waals surface area contributed by atoms with Crippen molar-refractivity contribution < 1.29 is 19.1 Å². The number of unbranched alkanes of at least 4 members (excludes halogenated alkanes) is 1. The quantitative estimate of drug-likeness (QED) is 0.430. The summed E-state index contributed by atoms with van der Waals surface area (Å²) < 4.78 is 5.13. The molecule has 0 aliphatic carbocycles. The van der Waals surface area contributed by atoms with Crippen LogP contribution in [0, 0.1) is 27.7 Å². The molecule has 0 heterocycles. The van der Waals surface area contributed by atoms with E-state index in [4.69, 9.17) is 4.74 Å². The van der Waals surface area contributed by atoms with Crippen LogP contribution in [0.2, 0.25) is 0 Å². The molecule has 1 atom stereocenters. The second-order valence-electron chi connectivity index (χ2n) is 8.13. The Morgan fingerprint density at radius 3 is 1.91 bits per heavy atom. The summed E-state index contributed by atoms with van der Waals surface area (Å²) in [5.41, 5.74) is 5.50. The van der Waals surface area contributed by atoms with Gasteiger partial charge in [0, 0.05) is 17.7 Å². The van der Waals surface area contributed by atoms with E-state index in [1.165, 1.54) is 0 Å². The highest BCUT2D eigenvalue weighted by Crippen LogP contribution is 2.12. The van der Waals surface area contributed by atoms with Gasteiger partial charge in [0.05, 0.1) is 6.61 Å². The van der Waals surface area contributed by atoms with Gasteiger partial charge < -0.3 is 15.4 Å². The molecule has 0 unspecified atom stereocenters. The number of ether oxygens (including phenoxy) is 1. The molecular weight excluding hydrogens is 404 g/mol. The molecule has 6 heteroatoms. The number of rotatable bonds is 10. The highest BCUT2D eigenvalue weighted by molar-refractivity contribution is 5.97. The van der Waals surface area contributed by atoms with Crippen LogP contribution in [0.25, 0.3) is 0 Å². The minimum absolute atomic E-state index is 0.113. The van der Waals surface area contributed by atoms with E-state index in [9.17, 15) is 14.4 Å². The summed E-state index contributed by atoms with van der Waals surface area (Å²) in [5, 5.41) is 5.71. The number of nitrogens with one attached hydrogen (secondary N) is 2. The third-order valence-electron chi connectivity index (χ3n) is 5.62. The van der Waals surface area contributed by atoms with Crippen LogP contribution < -0.4 is 10.6 Å². The van der Waals surface area contributed by atoms with Gasteiger partial charge in [0.1, 0.15) is 6.04 Å². The Bertz CT molecular complexity index is 968. The van der Waals surface area contributed by atoms with Crippen LogP contribution in [0.5, 0.6) is 0 Å². The molecule has 0 aliphatic heterocycles. The highest BCUT2D eigenvalue weighted by Gasteiger charge is 2.22. The Hall–Kier alpha value is -3.15. The van der Waals surface area contributed by atoms with Gasteiger partial charge in [-0.15, -0.1) is 0 Å². The van der Waals surface area contributed by atoms with Crippen molar-refractivity contribution in [3.63, 3.8) is 0 Å². The molecule has 0 fully saturated rings. The number of esters is 1. The maximum Gasteiger partial charge on any atom is 0.328 e. The predicted molar refractivity (Wildman–Crippen MR) is 126 cm³/mol. The lowest BCUT2D eigenvalue weighted by Crippen LogP contribution is -2.42. The first kappa shape index (κ1) is 25.1. The Kier molecular flexibility index (Phi) is 9.44. The number of hydrogen-bond donors (Lipinski definition) is 2. The van der Waals surface area contributed by atoms with Crippen molar-refractivity contribution in [3.8, 4) is 0 Å². The summed E-state index contributed by atoms with van der Waals surface area (Å²) in [6, 6.07) is 10.4. The van der Waals surface area contributed by atoms with Crippen LogP contribution in [-0.2, 0) is 9.53 Å². The summed E-state index contributed by atoms with van der Waals surface area (Å²) in [6.07, 6.45) is 1.78. The second-order valence-corrected chi connectivity index (χ2v) is 8.13. The maximum atomic E-state index is 12.6. The van der Waals surface area contributed by atoms with Crippen LogP contribution >= 0.6 is 0 Å². The van der Waals surface area contributed by atoms with E-state index in [1.807, 2.05) is 58.0 Å². The molecule has 2 N–H and O–H groups in total. The summed E-state index contributed by atoms with van der Waals surface area (Å²) in [7, 11) is 0. The van der Waals surface area contributed by atoms with Crippen LogP contribution in [0.3, 0.4) is 0 Å². The number of benzene rings is 2. The maximum absolute atomic E-state index is 12.6. The Labute approximate surface area is 190 Å². The summed E-state index contributed by atoms with van der Waals surface area (Å²) in [6.45, 7) is 10.4. The molecule has 6 nitrogen and oxygen atoms in total. The molecule has 0 aliphatic rings. The standard InChI is InChI=1S/C26H34N2O4/c1-6-32-26(31)23(28-25(30)22-13-11-18(3)20(5)16-22)9-7-8-14-27-24(29)21-12-10-17(2)19(4)15-21/h10-13,15-16,23H,6-9,14H2,1-5H3,(H,27,29)(H,28,30)/t23-/m0/s1. The lowest BCUT2D eigenvalue weighted by Gasteiger charge is -2.18. The lowest BCUT2D eigenvalue weighted by molar-refractivity contribution is -0.145. The van der Waals surface area contributed by atoms with Gasteiger partial charge in [-0.25, -0.2) is 4.79 Å². The van der Waals surface area contributed by atoms with Gasteiger partial charge in [-0.05, 0) is 100 Å². The van der Waals surface area contributed by atoms with Crippen molar-refractivity contribution in [1.29, 1.82) is 0 Å². The van der Waals surface area contributed by atoms with Crippen molar-refractivity contribution in [3.05, 3.63) is 69.8 Å². The molecule has 0 bridgehead atoms. The van der Waals surface area contributed by atoms with Gasteiger partial charge in [0.25, 0.3) is 11.8 Å². The minimum Gasteiger partial charge on any atom is -0.464 e. The smallest absolute Gasteiger partial charge is 0.328 e. The first-order valence-electron chi connectivity index (χ1n) is 11.1. The monoisotopic (exact) mass is 438 g/mol. The lowest BCUT2D eigenvalue weighted by atomic mass is 10.0. The van der Waals surface area contributed by atoms with Gasteiger partial charge >= 0.3 is 5.97 Å². The normalized spacial score (nSPS) is 11.5. The zero-order chi connectivity index (χ0) is 23.7. The molecule has 0 saturated carbocycles. The molecule has 172 valence electrons. The van der Waals surface area contributed by atoms with E-state index >= 15 is 0 Å². The largest absolute Gasteiger partial charge is 0.464 e. The van der Waals surface area contributed by atoms with Crippen molar-refractivity contribution in [2.45, 2.75) is 59.9 Å². The fourth-order valence-corrected chi connectivity index (χ4v) is 3.28. The van der Waals surface area contributed by atoms with Crippen LogP contribution in [0.1, 0.15) is 69.2 Å². The molecule has 2 amide bonds. The van der Waals surface area contributed by atoms with Gasteiger partial charge in [0.2, 0.25) is 0 Å². The minimum atomic E-state index is -0.723. The number of aryl methyl sites for hydroxylation is 4. The predicted octanol–water partition coefficient (Wildman–Crippen LogP) is 4.18. The van der Waals surface area contributed by atoms with Gasteiger partial charge in [-0.2, -0.15) is 0 Å². The average Bonchev–Trinajstić information content (AvgIpc) is 2.76. The molecule has 2 aromatic carbocycles. The van der Waals surface area contributed by atoms with E-state index < -0.39 is 12.0 Å². The van der Waals surface area contributed by atoms with Crippen molar-refractivity contribution in [1.82, 2.24) is 10.6 Å². The van der Waals surface area contributed by atoms with Crippen molar-refractivity contribution in [2.24, 2.45) is 0 Å². The second kappa shape index (κ2) is 12.0. The molecule has 0 radical (unpaired) electrons. The topological polar surface area (TPSA) is 84.5 Å². The van der Waals surface area contributed by atoms with E-state index in [0.717, 1.165) is 22.3 Å². The summed E-state index contributed by atoms with van der Waals surface area (Å²) in [5.74, 6) is -0.851. The van der Waals surface area contributed by atoms with Gasteiger partial charge in [-0.1, -0.05) is 12.1 Å². The Morgan fingerprint density at radius 1 is 0.812 bits per heavy atom. The first-order valence-corrected chi connectivity index (χ1v) is 11.1.